The van der Waals surface area contributed by atoms with Crippen molar-refractivity contribution in [2.45, 2.75) is 25.3 Å². The van der Waals surface area contributed by atoms with Gasteiger partial charge in [-0.15, -0.1) is 11.8 Å². The number of amides is 1. The van der Waals surface area contributed by atoms with Gasteiger partial charge in [-0.3, -0.25) is 4.79 Å². The Morgan fingerprint density at radius 2 is 2.05 bits per heavy atom. The summed E-state index contributed by atoms with van der Waals surface area (Å²) >= 11 is 1.68. The average molecular weight is 287 g/mol. The van der Waals surface area contributed by atoms with Gasteiger partial charge in [0.2, 0.25) is 0 Å². The van der Waals surface area contributed by atoms with Crippen molar-refractivity contribution in [2.75, 3.05) is 6.26 Å². The van der Waals surface area contributed by atoms with Crippen molar-refractivity contribution in [3.63, 3.8) is 0 Å². The van der Waals surface area contributed by atoms with Crippen molar-refractivity contribution in [3.8, 4) is 0 Å². The zero-order chi connectivity index (χ0) is 14.5. The second kappa shape index (κ2) is 6.52. The molecule has 0 aliphatic heterocycles. The number of hydrogen-bond donors (Lipinski definition) is 1. The monoisotopic (exact) mass is 287 g/mol. The van der Waals surface area contributed by atoms with Crippen LogP contribution in [0.1, 0.15) is 27.6 Å². The topological polar surface area (TPSA) is 54.9 Å². The van der Waals surface area contributed by atoms with E-state index in [0.29, 0.717) is 18.1 Å². The summed E-state index contributed by atoms with van der Waals surface area (Å²) in [7, 11) is 0. The second-order valence-corrected chi connectivity index (χ2v) is 5.36. The molecule has 0 bridgehead atoms. The molecule has 1 aromatic carbocycles. The second-order valence-electron chi connectivity index (χ2n) is 4.48. The van der Waals surface area contributed by atoms with Gasteiger partial charge in [-0.1, -0.05) is 12.1 Å². The number of nitrogens with zero attached hydrogens (tertiary/aromatic N) is 2. The zero-order valence-electron chi connectivity index (χ0n) is 11.8. The number of rotatable bonds is 4. The third kappa shape index (κ3) is 3.81. The third-order valence-electron chi connectivity index (χ3n) is 2.79. The molecule has 0 aliphatic carbocycles. The van der Waals surface area contributed by atoms with E-state index in [9.17, 15) is 4.79 Å². The van der Waals surface area contributed by atoms with Crippen LogP contribution in [0.2, 0.25) is 0 Å². The molecule has 0 saturated carbocycles. The molecule has 0 radical (unpaired) electrons. The lowest BCUT2D eigenvalue weighted by molar-refractivity contribution is 0.0945. The van der Waals surface area contributed by atoms with Crippen LogP contribution in [0, 0.1) is 13.8 Å². The lowest BCUT2D eigenvalue weighted by atomic mass is 10.2. The Hall–Kier alpha value is -1.88. The predicted molar refractivity (Wildman–Crippen MR) is 80.9 cm³/mol. The van der Waals surface area contributed by atoms with E-state index in [4.69, 9.17) is 0 Å². The van der Waals surface area contributed by atoms with E-state index in [1.165, 1.54) is 4.90 Å². The van der Waals surface area contributed by atoms with Gasteiger partial charge in [0, 0.05) is 17.1 Å². The van der Waals surface area contributed by atoms with Crippen molar-refractivity contribution < 1.29 is 4.79 Å². The summed E-state index contributed by atoms with van der Waals surface area (Å²) in [5, 5.41) is 2.88. The van der Waals surface area contributed by atoms with Gasteiger partial charge in [0.1, 0.15) is 11.5 Å². The molecule has 104 valence electrons. The maximum atomic E-state index is 12.1. The van der Waals surface area contributed by atoms with Crippen molar-refractivity contribution >= 4 is 17.7 Å². The lowest BCUT2D eigenvalue weighted by Gasteiger charge is -2.07. The molecule has 2 rings (SSSR count). The maximum Gasteiger partial charge on any atom is 0.270 e. The number of thioether (sulfide) groups is 1. The van der Waals surface area contributed by atoms with E-state index in [-0.39, 0.29) is 5.91 Å². The van der Waals surface area contributed by atoms with Crippen LogP contribution in [0.15, 0.2) is 35.2 Å². The van der Waals surface area contributed by atoms with E-state index in [0.717, 1.165) is 11.3 Å². The minimum atomic E-state index is -0.173. The summed E-state index contributed by atoms with van der Waals surface area (Å²) in [6, 6.07) is 9.80. The number of carbonyl (C=O) groups excluding carboxylic acids is 1. The van der Waals surface area contributed by atoms with Crippen LogP contribution in [0.5, 0.6) is 0 Å². The normalized spacial score (nSPS) is 10.3. The summed E-state index contributed by atoms with van der Waals surface area (Å²) in [5.41, 5.74) is 2.29. The molecule has 0 saturated heterocycles. The molecule has 0 atom stereocenters. The fraction of sp³-hybridized carbons (Fsp3) is 0.267. The van der Waals surface area contributed by atoms with Gasteiger partial charge < -0.3 is 5.32 Å². The Morgan fingerprint density at radius 1 is 1.25 bits per heavy atom. The number of benzene rings is 1. The molecular weight excluding hydrogens is 270 g/mol. The number of aryl methyl sites for hydroxylation is 2. The highest BCUT2D eigenvalue weighted by Crippen LogP contribution is 2.15. The molecule has 0 aliphatic rings. The standard InChI is InChI=1S/C15H17N3OS/c1-10-7-14(18-11(2)17-10)15(19)16-9-12-5-4-6-13(8-12)20-3/h4-8H,9H2,1-3H3,(H,16,19). The Balaban J connectivity index is 2.04. The largest absolute Gasteiger partial charge is 0.347 e. The molecule has 20 heavy (non-hydrogen) atoms. The molecule has 2 aromatic rings. The SMILES string of the molecule is CSc1cccc(CNC(=O)c2cc(C)nc(C)n2)c1. The van der Waals surface area contributed by atoms with E-state index in [1.54, 1.807) is 24.8 Å². The Morgan fingerprint density at radius 3 is 2.75 bits per heavy atom. The Bertz CT molecular complexity index is 608. The quantitative estimate of drug-likeness (QED) is 0.879. The summed E-state index contributed by atoms with van der Waals surface area (Å²) in [6.45, 7) is 4.13. The zero-order valence-corrected chi connectivity index (χ0v) is 12.6. The number of carbonyl (C=O) groups is 1. The van der Waals surface area contributed by atoms with Crippen LogP contribution in [0.4, 0.5) is 0 Å². The highest BCUT2D eigenvalue weighted by atomic mass is 32.2. The summed E-state index contributed by atoms with van der Waals surface area (Å²) in [4.78, 5) is 21.6. The van der Waals surface area contributed by atoms with Gasteiger partial charge in [0.05, 0.1) is 0 Å². The molecular formula is C15H17N3OS. The number of hydrogen-bond acceptors (Lipinski definition) is 4. The van der Waals surface area contributed by atoms with Crippen LogP contribution >= 0.6 is 11.8 Å². The first-order chi connectivity index (χ1) is 9.58. The minimum Gasteiger partial charge on any atom is -0.347 e. The molecule has 0 spiro atoms. The number of nitrogens with one attached hydrogen (secondary N) is 1. The predicted octanol–water partition coefficient (Wildman–Crippen LogP) is 2.75. The highest BCUT2D eigenvalue weighted by molar-refractivity contribution is 7.98. The fourth-order valence-electron chi connectivity index (χ4n) is 1.89. The van der Waals surface area contributed by atoms with Gasteiger partial charge in [-0.25, -0.2) is 9.97 Å². The molecule has 0 unspecified atom stereocenters. The van der Waals surface area contributed by atoms with Crippen LogP contribution in [-0.2, 0) is 6.54 Å². The van der Waals surface area contributed by atoms with Gasteiger partial charge in [-0.05, 0) is 43.9 Å². The van der Waals surface area contributed by atoms with Crippen LogP contribution in [0.3, 0.4) is 0 Å². The molecule has 4 nitrogen and oxygen atoms in total. The lowest BCUT2D eigenvalue weighted by Crippen LogP contribution is -2.24. The van der Waals surface area contributed by atoms with E-state index in [1.807, 2.05) is 31.4 Å². The molecule has 0 fully saturated rings. The first-order valence-electron chi connectivity index (χ1n) is 6.32. The number of aromatic nitrogens is 2. The van der Waals surface area contributed by atoms with Gasteiger partial charge >= 0.3 is 0 Å². The first-order valence-corrected chi connectivity index (χ1v) is 7.54. The van der Waals surface area contributed by atoms with Crippen LogP contribution in [-0.4, -0.2) is 22.1 Å². The van der Waals surface area contributed by atoms with Crippen LogP contribution in [0.25, 0.3) is 0 Å². The average Bonchev–Trinajstić information content (AvgIpc) is 2.44. The highest BCUT2D eigenvalue weighted by Gasteiger charge is 2.08. The molecule has 1 N–H and O–H groups in total. The first kappa shape index (κ1) is 14.5. The fourth-order valence-corrected chi connectivity index (χ4v) is 2.37. The molecule has 1 aromatic heterocycles. The molecule has 1 amide bonds. The van der Waals surface area contributed by atoms with E-state index < -0.39 is 0 Å². The van der Waals surface area contributed by atoms with Gasteiger partial charge in [-0.2, -0.15) is 0 Å². The third-order valence-corrected chi connectivity index (χ3v) is 3.51. The Labute approximate surface area is 123 Å². The minimum absolute atomic E-state index is 0.173. The van der Waals surface area contributed by atoms with E-state index >= 15 is 0 Å². The van der Waals surface area contributed by atoms with Crippen LogP contribution < -0.4 is 5.32 Å². The van der Waals surface area contributed by atoms with Crippen molar-refractivity contribution in [2.24, 2.45) is 0 Å². The molecule has 5 heteroatoms. The van der Waals surface area contributed by atoms with Gasteiger partial charge in [0.25, 0.3) is 5.91 Å². The Kier molecular flexibility index (Phi) is 4.74. The van der Waals surface area contributed by atoms with Crippen molar-refractivity contribution in [3.05, 3.63) is 53.1 Å². The van der Waals surface area contributed by atoms with E-state index in [2.05, 4.69) is 21.4 Å². The summed E-state index contributed by atoms with van der Waals surface area (Å²) < 4.78 is 0. The summed E-state index contributed by atoms with van der Waals surface area (Å²) in [5.74, 6) is 0.438. The maximum absolute atomic E-state index is 12.1. The van der Waals surface area contributed by atoms with Crippen molar-refractivity contribution in [1.29, 1.82) is 0 Å². The smallest absolute Gasteiger partial charge is 0.270 e. The summed E-state index contributed by atoms with van der Waals surface area (Å²) in [6.07, 6.45) is 2.03. The molecule has 1 heterocycles. The van der Waals surface area contributed by atoms with Gasteiger partial charge in [0.15, 0.2) is 0 Å². The van der Waals surface area contributed by atoms with Crippen molar-refractivity contribution in [1.82, 2.24) is 15.3 Å².